The van der Waals surface area contributed by atoms with Gasteiger partial charge >= 0.3 is 0 Å². The van der Waals surface area contributed by atoms with Gasteiger partial charge in [-0.25, -0.2) is 9.97 Å². The number of nitrogens with two attached hydrogens (primary N) is 1. The van der Waals surface area contributed by atoms with Crippen LogP contribution in [-0.2, 0) is 24.3 Å². The summed E-state index contributed by atoms with van der Waals surface area (Å²) < 4.78 is 17.7. The Kier molecular flexibility index (Phi) is 6.40. The predicted molar refractivity (Wildman–Crippen MR) is 132 cm³/mol. The molecule has 3 N–H and O–H groups in total. The molecule has 2 aliphatic carbocycles. The van der Waals surface area contributed by atoms with Gasteiger partial charge in [0.05, 0.1) is 24.4 Å². The second-order valence-corrected chi connectivity index (χ2v) is 9.91. The summed E-state index contributed by atoms with van der Waals surface area (Å²) in [6.07, 6.45) is 6.06. The fourth-order valence-electron chi connectivity index (χ4n) is 4.38. The van der Waals surface area contributed by atoms with Crippen LogP contribution >= 0.6 is 0 Å². The number of rotatable bonds is 11. The van der Waals surface area contributed by atoms with E-state index in [1.165, 1.54) is 19.2 Å². The number of halogens is 1. The van der Waals surface area contributed by atoms with Crippen LogP contribution < -0.4 is 16.0 Å². The lowest BCUT2D eigenvalue weighted by molar-refractivity contribution is -0.117. The molecule has 0 spiro atoms. The Morgan fingerprint density at radius 2 is 1.89 bits per heavy atom. The van der Waals surface area contributed by atoms with Gasteiger partial charge in [0.2, 0.25) is 11.7 Å². The number of hydrogen-bond acceptors (Lipinski definition) is 6. The number of nitrogens with zero attached hydrogens (tertiary/aromatic N) is 5. The molecule has 0 radical (unpaired) electrons. The van der Waals surface area contributed by atoms with Crippen molar-refractivity contribution in [2.45, 2.75) is 77.0 Å². The standard InChI is InChI=1S/C26H32FN7O/c1-16(2)34-21(12-22(32-34)19-7-8-19)14-33(20-9-10-20)26-24(27)25(30-15-31-26)29-13-18-5-3-17(4-6-18)11-23(28)35/h3-6,12,15-16,19-20H,7-11,13-14H2,1-2H3,(H2,28,35)(H,29,30,31). The Labute approximate surface area is 204 Å². The van der Waals surface area contributed by atoms with Gasteiger partial charge in [-0.05, 0) is 56.7 Å². The molecule has 35 heavy (non-hydrogen) atoms. The van der Waals surface area contributed by atoms with Gasteiger partial charge in [-0.1, -0.05) is 24.3 Å². The van der Waals surface area contributed by atoms with E-state index in [-0.39, 0.29) is 30.2 Å². The van der Waals surface area contributed by atoms with Crippen molar-refractivity contribution < 1.29 is 9.18 Å². The third-order valence-corrected chi connectivity index (χ3v) is 6.54. The number of carbonyl (C=O) groups excluding carboxylic acids is 1. The quantitative estimate of drug-likeness (QED) is 0.432. The van der Waals surface area contributed by atoms with Gasteiger partial charge in [0.15, 0.2) is 11.6 Å². The summed E-state index contributed by atoms with van der Waals surface area (Å²) in [6, 6.07) is 10.2. The van der Waals surface area contributed by atoms with Crippen LogP contribution in [0.25, 0.3) is 0 Å². The van der Waals surface area contributed by atoms with E-state index in [0.29, 0.717) is 24.8 Å². The van der Waals surface area contributed by atoms with E-state index in [0.717, 1.165) is 35.4 Å². The minimum atomic E-state index is -0.442. The number of nitrogens with one attached hydrogen (secondary N) is 1. The van der Waals surface area contributed by atoms with Crippen molar-refractivity contribution in [1.29, 1.82) is 0 Å². The molecule has 0 atom stereocenters. The number of hydrogen-bond donors (Lipinski definition) is 2. The van der Waals surface area contributed by atoms with E-state index < -0.39 is 5.82 Å². The zero-order valence-corrected chi connectivity index (χ0v) is 20.2. The lowest BCUT2D eigenvalue weighted by Crippen LogP contribution is -2.29. The van der Waals surface area contributed by atoms with E-state index in [1.807, 2.05) is 24.3 Å². The number of carbonyl (C=O) groups is 1. The van der Waals surface area contributed by atoms with Gasteiger partial charge in [-0.15, -0.1) is 0 Å². The molecular weight excluding hydrogens is 445 g/mol. The molecule has 8 nitrogen and oxygen atoms in total. The first-order chi connectivity index (χ1) is 16.9. The zero-order valence-electron chi connectivity index (χ0n) is 20.2. The third-order valence-electron chi connectivity index (χ3n) is 6.54. The molecule has 1 aromatic carbocycles. The highest BCUT2D eigenvalue weighted by Crippen LogP contribution is 2.41. The summed E-state index contributed by atoms with van der Waals surface area (Å²) in [4.78, 5) is 21.7. The molecule has 0 unspecified atom stereocenters. The van der Waals surface area contributed by atoms with Crippen LogP contribution in [-0.4, -0.2) is 31.7 Å². The second kappa shape index (κ2) is 9.64. The highest BCUT2D eigenvalue weighted by Gasteiger charge is 2.34. The third kappa shape index (κ3) is 5.44. The number of benzene rings is 1. The van der Waals surface area contributed by atoms with E-state index in [2.05, 4.69) is 44.8 Å². The molecule has 0 saturated heterocycles. The Morgan fingerprint density at radius 1 is 1.17 bits per heavy atom. The first kappa shape index (κ1) is 23.3. The number of primary amides is 1. The van der Waals surface area contributed by atoms with Crippen LogP contribution in [0.5, 0.6) is 0 Å². The highest BCUT2D eigenvalue weighted by molar-refractivity contribution is 5.76. The monoisotopic (exact) mass is 477 g/mol. The van der Waals surface area contributed by atoms with Gasteiger partial charge in [0, 0.05) is 24.5 Å². The molecular formula is C26H32FN7O. The molecule has 3 aromatic rings. The topological polar surface area (TPSA) is 102 Å². The maximum atomic E-state index is 15.6. The first-order valence-corrected chi connectivity index (χ1v) is 12.3. The van der Waals surface area contributed by atoms with Gasteiger partial charge in [0.1, 0.15) is 6.33 Å². The van der Waals surface area contributed by atoms with E-state index in [1.54, 1.807) is 0 Å². The molecule has 2 heterocycles. The summed E-state index contributed by atoms with van der Waals surface area (Å²) in [5.74, 6) is 0.262. The first-order valence-electron chi connectivity index (χ1n) is 12.3. The van der Waals surface area contributed by atoms with Crippen molar-refractivity contribution in [3.63, 3.8) is 0 Å². The Bertz CT molecular complexity index is 1200. The van der Waals surface area contributed by atoms with Crippen molar-refractivity contribution in [1.82, 2.24) is 19.7 Å². The molecule has 2 aliphatic rings. The average Bonchev–Trinajstić information content (AvgIpc) is 3.76. The summed E-state index contributed by atoms with van der Waals surface area (Å²) in [6.45, 7) is 5.22. The van der Waals surface area contributed by atoms with Gasteiger partial charge < -0.3 is 16.0 Å². The lowest BCUT2D eigenvalue weighted by atomic mass is 10.1. The van der Waals surface area contributed by atoms with Gasteiger partial charge in [0.25, 0.3) is 0 Å². The minimum absolute atomic E-state index is 0.179. The Balaban J connectivity index is 1.33. The van der Waals surface area contributed by atoms with E-state index >= 15 is 4.39 Å². The Morgan fingerprint density at radius 3 is 2.51 bits per heavy atom. The maximum absolute atomic E-state index is 15.6. The van der Waals surface area contributed by atoms with E-state index in [9.17, 15) is 4.79 Å². The van der Waals surface area contributed by atoms with Crippen LogP contribution in [0.3, 0.4) is 0 Å². The summed E-state index contributed by atoms with van der Waals surface area (Å²) in [5, 5.41) is 7.95. The van der Waals surface area contributed by atoms with Crippen LogP contribution in [0.1, 0.15) is 74.0 Å². The van der Waals surface area contributed by atoms with Crippen LogP contribution in [0.2, 0.25) is 0 Å². The van der Waals surface area contributed by atoms with Gasteiger partial charge in [-0.3, -0.25) is 9.48 Å². The molecule has 2 aromatic heterocycles. The molecule has 9 heteroatoms. The molecule has 2 fully saturated rings. The fourth-order valence-corrected chi connectivity index (χ4v) is 4.38. The van der Waals surface area contributed by atoms with E-state index in [4.69, 9.17) is 10.8 Å². The maximum Gasteiger partial charge on any atom is 0.221 e. The molecule has 5 rings (SSSR count). The number of amides is 1. The molecule has 1 amide bonds. The van der Waals surface area contributed by atoms with Crippen LogP contribution in [0.15, 0.2) is 36.7 Å². The molecule has 184 valence electrons. The normalized spacial score (nSPS) is 15.4. The average molecular weight is 478 g/mol. The SMILES string of the molecule is CC(C)n1nc(C2CC2)cc1CN(c1ncnc(NCc2ccc(CC(N)=O)cc2)c1F)C1CC1. The fraction of sp³-hybridized carbons (Fsp3) is 0.462. The number of aromatic nitrogens is 4. The van der Waals surface area contributed by atoms with Crippen molar-refractivity contribution in [2.24, 2.45) is 5.73 Å². The number of anilines is 2. The summed E-state index contributed by atoms with van der Waals surface area (Å²) in [5.41, 5.74) is 9.29. The largest absolute Gasteiger partial charge is 0.369 e. The van der Waals surface area contributed by atoms with Crippen LogP contribution in [0.4, 0.5) is 16.0 Å². The van der Waals surface area contributed by atoms with Crippen molar-refractivity contribution in [3.8, 4) is 0 Å². The highest BCUT2D eigenvalue weighted by atomic mass is 19.1. The molecule has 0 aliphatic heterocycles. The summed E-state index contributed by atoms with van der Waals surface area (Å²) >= 11 is 0. The lowest BCUT2D eigenvalue weighted by Gasteiger charge is -2.25. The predicted octanol–water partition coefficient (Wildman–Crippen LogP) is 4.08. The minimum Gasteiger partial charge on any atom is -0.369 e. The van der Waals surface area contributed by atoms with Crippen molar-refractivity contribution in [2.75, 3.05) is 10.2 Å². The van der Waals surface area contributed by atoms with Crippen molar-refractivity contribution in [3.05, 3.63) is 65.0 Å². The molecule has 0 bridgehead atoms. The zero-order chi connectivity index (χ0) is 24.5. The molecule has 2 saturated carbocycles. The van der Waals surface area contributed by atoms with Crippen LogP contribution in [0, 0.1) is 5.82 Å². The second-order valence-electron chi connectivity index (χ2n) is 9.91. The summed E-state index contributed by atoms with van der Waals surface area (Å²) in [7, 11) is 0. The Hall–Kier alpha value is -3.49. The van der Waals surface area contributed by atoms with Crippen molar-refractivity contribution >= 4 is 17.5 Å². The van der Waals surface area contributed by atoms with Gasteiger partial charge in [-0.2, -0.15) is 9.49 Å². The smallest absolute Gasteiger partial charge is 0.221 e.